The summed E-state index contributed by atoms with van der Waals surface area (Å²) in [5.41, 5.74) is 10.5. The van der Waals surface area contributed by atoms with Crippen molar-refractivity contribution < 1.29 is 33.5 Å². The van der Waals surface area contributed by atoms with Gasteiger partial charge in [-0.15, -0.1) is 10.2 Å². The number of aromatic amines is 4. The first kappa shape index (κ1) is 49.8. The van der Waals surface area contributed by atoms with Crippen molar-refractivity contribution in [3.63, 3.8) is 0 Å². The Morgan fingerprint density at radius 3 is 1.29 bits per heavy atom. The van der Waals surface area contributed by atoms with E-state index in [0.29, 0.717) is 34.6 Å². The zero-order valence-corrected chi connectivity index (χ0v) is 40.0. The van der Waals surface area contributed by atoms with E-state index in [1.54, 1.807) is 24.3 Å². The largest absolute Gasteiger partial charge is 0.378 e. The molecule has 0 aliphatic heterocycles. The van der Waals surface area contributed by atoms with Gasteiger partial charge in [-0.2, -0.15) is 0 Å². The highest BCUT2D eigenvalue weighted by atomic mass is 35.7. The Balaban J connectivity index is 0.00000137. The molecule has 0 spiro atoms. The summed E-state index contributed by atoms with van der Waals surface area (Å²) >= 11 is 0. The number of allylic oxidation sites excluding steroid dienone is 9. The predicted molar refractivity (Wildman–Crippen MR) is 268 cm³/mol. The van der Waals surface area contributed by atoms with E-state index in [0.717, 1.165) is 67.6 Å². The minimum Gasteiger partial charge on any atom is -0.378 e. The first-order valence-electron chi connectivity index (χ1n) is 22.1. The molecule has 7 aromatic rings. The van der Waals surface area contributed by atoms with Crippen molar-refractivity contribution in [2.75, 3.05) is 56.0 Å². The molecule has 17 heteroatoms. The van der Waals surface area contributed by atoms with Crippen molar-refractivity contribution in [1.82, 2.24) is 20.4 Å². The lowest BCUT2D eigenvalue weighted by molar-refractivity contribution is -2.00. The second kappa shape index (κ2) is 21.5. The lowest BCUT2D eigenvalue weighted by Gasteiger charge is -2.24. The fourth-order valence-corrected chi connectivity index (χ4v) is 8.18. The lowest BCUT2D eigenvalue weighted by atomic mass is 9.94. The number of benzene rings is 5. The molecule has 0 saturated carbocycles. The molecular weight excluding hydrogens is 912 g/mol. The summed E-state index contributed by atoms with van der Waals surface area (Å²) in [4.78, 5) is 56.3. The third-order valence-electron chi connectivity index (χ3n) is 11.7. The van der Waals surface area contributed by atoms with E-state index < -0.39 is 10.2 Å². The molecule has 0 saturated heterocycles. The Morgan fingerprint density at radius 1 is 0.529 bits per heavy atom. The minimum absolute atomic E-state index is 0.336. The molecular formula is C53H51ClN8O8. The number of nitrogens with one attached hydrogen (secondary N) is 4. The maximum atomic E-state index is 12.6. The highest BCUT2D eigenvalue weighted by molar-refractivity contribution is 6.03. The van der Waals surface area contributed by atoms with Gasteiger partial charge in [0.05, 0.1) is 21.5 Å². The average molecular weight is 963 g/mol. The van der Waals surface area contributed by atoms with E-state index in [1.807, 2.05) is 40.3 Å². The Bertz CT molecular complexity index is 3460. The van der Waals surface area contributed by atoms with E-state index in [2.05, 4.69) is 169 Å². The topological polar surface area (TPSA) is 236 Å². The number of nitrogens with zero attached hydrogens (tertiary/aromatic N) is 4. The molecule has 0 bridgehead atoms. The quantitative estimate of drug-likeness (QED) is 0.102. The van der Waals surface area contributed by atoms with Crippen LogP contribution in [0.3, 0.4) is 0 Å². The smallest absolute Gasteiger partial charge is 0.270 e. The van der Waals surface area contributed by atoms with Crippen LogP contribution in [0.15, 0.2) is 176 Å². The standard InChI is InChI=1S/C53H50N8O4.ClHO4/c1-7-60(42-28-30-46-48(32-42)52(64)56-54-50(46)62)40-24-16-36(17-25-40)44(34-12-20-38(21-13-34)58(3)4)10-9-11-45(35-14-22-39(23-15-35)59(5)6)37-18-26-41(27-19-37)61(8-2)43-29-31-47-49(33-43)53(65)57-55-51(47)63;2-1(3,4)5/h9-33H,7-8H2,1-6H3,(H3-,54,55,56,57,62,63,64,65);(H,2,3,4,5). The summed E-state index contributed by atoms with van der Waals surface area (Å²) in [7, 11) is 3.17. The van der Waals surface area contributed by atoms with Crippen molar-refractivity contribution in [2.24, 2.45) is 0 Å². The Labute approximate surface area is 404 Å². The van der Waals surface area contributed by atoms with Crippen LogP contribution in [0, 0.1) is 10.2 Å². The Morgan fingerprint density at radius 2 is 0.900 bits per heavy atom. The van der Waals surface area contributed by atoms with Gasteiger partial charge in [0.25, 0.3) is 22.2 Å². The predicted octanol–water partition coefficient (Wildman–Crippen LogP) is 3.65. The number of fused-ring (bicyclic) bond motifs is 2. The summed E-state index contributed by atoms with van der Waals surface area (Å²) in [5.74, 6) is 0. The van der Waals surface area contributed by atoms with Crippen molar-refractivity contribution in [1.29, 1.82) is 0 Å². The second-order valence-electron chi connectivity index (χ2n) is 16.5. The normalized spacial score (nSPS) is 12.6. The molecule has 8 rings (SSSR count). The first-order valence-corrected chi connectivity index (χ1v) is 23.4. The number of halogens is 1. The molecule has 1 aliphatic carbocycles. The summed E-state index contributed by atoms with van der Waals surface area (Å²) in [5, 5.41) is 11.0. The monoisotopic (exact) mass is 962 g/mol. The van der Waals surface area contributed by atoms with Gasteiger partial charge in [0, 0.05) is 67.8 Å². The lowest BCUT2D eigenvalue weighted by Crippen LogP contribution is -2.68. The third-order valence-corrected chi connectivity index (χ3v) is 11.7. The zero-order valence-electron chi connectivity index (χ0n) is 39.3. The summed E-state index contributed by atoms with van der Waals surface area (Å²) < 4.78 is 36.1. The fraction of sp³-hybridized carbons (Fsp3) is 0.151. The van der Waals surface area contributed by atoms with Crippen molar-refractivity contribution >= 4 is 66.8 Å². The van der Waals surface area contributed by atoms with Crippen LogP contribution in [0.2, 0.25) is 0 Å². The van der Waals surface area contributed by atoms with Crippen LogP contribution in [0.1, 0.15) is 30.5 Å². The van der Waals surface area contributed by atoms with E-state index >= 15 is 0 Å². The van der Waals surface area contributed by atoms with Gasteiger partial charge >= 0.3 is 0 Å². The Kier molecular flexibility index (Phi) is 15.3. The van der Waals surface area contributed by atoms with Crippen LogP contribution in [0.4, 0.5) is 28.4 Å². The maximum absolute atomic E-state index is 12.6. The number of H-pyrrole nitrogens is 4. The molecule has 1 aliphatic rings. The van der Waals surface area contributed by atoms with Gasteiger partial charge in [-0.25, -0.2) is 23.2 Å². The maximum Gasteiger partial charge on any atom is 0.270 e. The minimum atomic E-state index is -4.94. The highest BCUT2D eigenvalue weighted by Crippen LogP contribution is 2.33. The van der Waals surface area contributed by atoms with Gasteiger partial charge in [0.2, 0.25) is 0 Å². The van der Waals surface area contributed by atoms with Crippen LogP contribution in [-0.4, -0.2) is 72.0 Å². The van der Waals surface area contributed by atoms with E-state index in [4.69, 9.17) is 18.6 Å². The van der Waals surface area contributed by atoms with Crippen molar-refractivity contribution in [3.05, 3.63) is 215 Å². The molecule has 0 radical (unpaired) electrons. The molecule has 16 nitrogen and oxygen atoms in total. The van der Waals surface area contributed by atoms with Crippen LogP contribution in [0.5, 0.6) is 0 Å². The van der Waals surface area contributed by atoms with Gasteiger partial charge < -0.3 is 14.7 Å². The molecule has 5 aromatic carbocycles. The van der Waals surface area contributed by atoms with E-state index in [1.165, 1.54) is 0 Å². The molecule has 2 aromatic heterocycles. The number of aromatic nitrogens is 4. The highest BCUT2D eigenvalue weighted by Gasteiger charge is 2.16. The summed E-state index contributed by atoms with van der Waals surface area (Å²) in [6, 6.07) is 35.9. The fourth-order valence-electron chi connectivity index (χ4n) is 8.18. The molecule has 0 fully saturated rings. The molecule has 70 heavy (non-hydrogen) atoms. The van der Waals surface area contributed by atoms with Crippen LogP contribution >= 0.6 is 0 Å². The van der Waals surface area contributed by atoms with Crippen LogP contribution < -0.4 is 55.6 Å². The zero-order chi connectivity index (χ0) is 50.3. The van der Waals surface area contributed by atoms with Gasteiger partial charge in [0.15, 0.2) is 5.71 Å². The van der Waals surface area contributed by atoms with Gasteiger partial charge in [0.1, 0.15) is 14.1 Å². The summed E-state index contributed by atoms with van der Waals surface area (Å²) in [6.07, 6.45) is 14.9. The van der Waals surface area contributed by atoms with Crippen molar-refractivity contribution in [3.8, 4) is 0 Å². The number of rotatable bonds is 12. The molecule has 0 unspecified atom stereocenters. The molecule has 4 N–H and O–H groups in total. The molecule has 2 heterocycles. The number of hydrogen-bond donors (Lipinski definition) is 4. The second-order valence-corrected chi connectivity index (χ2v) is 17.2. The molecule has 0 atom stereocenters. The van der Waals surface area contributed by atoms with Crippen LogP contribution in [0.25, 0.3) is 32.7 Å². The number of anilines is 5. The number of hydrogen-bond acceptors (Lipinski definition) is 11. The van der Waals surface area contributed by atoms with Gasteiger partial charge in [-0.05, 0) is 132 Å². The van der Waals surface area contributed by atoms with Gasteiger partial charge in [-0.1, -0.05) is 54.6 Å². The third kappa shape index (κ3) is 11.6. The van der Waals surface area contributed by atoms with Gasteiger partial charge in [-0.3, -0.25) is 39.6 Å². The van der Waals surface area contributed by atoms with Crippen molar-refractivity contribution in [2.45, 2.75) is 13.8 Å². The van der Waals surface area contributed by atoms with Crippen LogP contribution in [-0.2, 0) is 0 Å². The first-order chi connectivity index (χ1) is 33.4. The average Bonchev–Trinajstić information content (AvgIpc) is 3.35. The van der Waals surface area contributed by atoms with E-state index in [9.17, 15) is 19.2 Å². The molecule has 358 valence electrons. The molecule has 0 amide bonds. The Hall–Kier alpha value is -8.12. The van der Waals surface area contributed by atoms with E-state index in [-0.39, 0.29) is 22.2 Å². The SMILES string of the molecule is CCN(c1ccc(C(/C=C/C=C(\c2ccc(N(C)C)cc2)c2ccc(N(CC)c3ccc4c(=O)[nH][nH]c(=O)c4c3)cc2)=C2C=CC(=[N+](C)C)C=C2)cc1)c1ccc2c(=O)[nH][nH]c(=O)c2c1.[O-][Cl+3]([O-])([O-])[O-]. The summed E-state index contributed by atoms with van der Waals surface area (Å²) in [6.45, 7) is 5.39.